The minimum absolute atomic E-state index is 0. The number of carbonyl (C=O) groups is 1. The number of guanidine groups is 1. The van der Waals surface area contributed by atoms with Crippen molar-refractivity contribution < 1.29 is 13.6 Å². The van der Waals surface area contributed by atoms with Crippen molar-refractivity contribution in [2.45, 2.75) is 38.4 Å². The summed E-state index contributed by atoms with van der Waals surface area (Å²) in [5, 5.41) is 6.55. The molecule has 0 aliphatic carbocycles. The monoisotopic (exact) mass is 569 g/mol. The smallest absolute Gasteiger partial charge is 0.223 e. The maximum atomic E-state index is 14.0. The Kier molecular flexibility index (Phi) is 8.87. The van der Waals surface area contributed by atoms with Gasteiger partial charge in [0.15, 0.2) is 5.96 Å². The largest absolute Gasteiger partial charge is 0.365 e. The van der Waals surface area contributed by atoms with Gasteiger partial charge in [-0.15, -0.1) is 24.0 Å². The summed E-state index contributed by atoms with van der Waals surface area (Å²) in [6, 6.07) is 12.1. The second-order valence-electron chi connectivity index (χ2n) is 8.27. The number of aliphatic imine (C=N–C) groups is 1. The molecule has 2 heterocycles. The van der Waals surface area contributed by atoms with Gasteiger partial charge in [-0.1, -0.05) is 30.3 Å². The summed E-state index contributed by atoms with van der Waals surface area (Å²) >= 11 is 0. The molecule has 1 amide bonds. The average molecular weight is 569 g/mol. The second kappa shape index (κ2) is 11.6. The Labute approximate surface area is 210 Å². The van der Waals surface area contributed by atoms with Crippen molar-refractivity contribution in [2.75, 3.05) is 31.6 Å². The van der Waals surface area contributed by atoms with E-state index in [0.29, 0.717) is 51.5 Å². The highest BCUT2D eigenvalue weighted by molar-refractivity contribution is 14.0. The number of para-hydroxylation sites is 1. The van der Waals surface area contributed by atoms with Crippen LogP contribution in [-0.4, -0.2) is 49.5 Å². The summed E-state index contributed by atoms with van der Waals surface area (Å²) in [6.07, 6.45) is 1.92. The van der Waals surface area contributed by atoms with Crippen LogP contribution in [0.4, 0.5) is 14.5 Å². The number of anilines is 1. The molecule has 4 rings (SSSR count). The first-order chi connectivity index (χ1) is 15.5. The van der Waals surface area contributed by atoms with Gasteiger partial charge < -0.3 is 20.4 Å². The molecule has 1 unspecified atom stereocenters. The van der Waals surface area contributed by atoms with Gasteiger partial charge in [-0.05, 0) is 36.1 Å². The summed E-state index contributed by atoms with van der Waals surface area (Å²) in [7, 11) is 1.69. The Morgan fingerprint density at radius 2 is 1.76 bits per heavy atom. The van der Waals surface area contributed by atoms with Crippen LogP contribution in [0.25, 0.3) is 0 Å². The molecule has 1 fully saturated rings. The first kappa shape index (κ1) is 25.2. The third-order valence-corrected chi connectivity index (χ3v) is 6.06. The average Bonchev–Trinajstić information content (AvgIpc) is 3.42. The number of hydrogen-bond donors (Lipinski definition) is 2. The molecule has 0 aromatic heterocycles. The number of hydrogen-bond acceptors (Lipinski definition) is 3. The molecule has 1 atom stereocenters. The van der Waals surface area contributed by atoms with Crippen LogP contribution in [0.1, 0.15) is 30.4 Å². The second-order valence-corrected chi connectivity index (χ2v) is 8.27. The van der Waals surface area contributed by atoms with Gasteiger partial charge in [-0.3, -0.25) is 9.79 Å². The van der Waals surface area contributed by atoms with Crippen LogP contribution >= 0.6 is 24.0 Å². The minimum Gasteiger partial charge on any atom is -0.365 e. The molecular formula is C24H30F2IN5O. The Morgan fingerprint density at radius 1 is 1.09 bits per heavy atom. The molecule has 9 heteroatoms. The van der Waals surface area contributed by atoms with E-state index in [2.05, 4.69) is 27.8 Å². The molecule has 2 N–H and O–H groups in total. The van der Waals surface area contributed by atoms with Crippen molar-refractivity contribution >= 4 is 41.5 Å². The Balaban J connectivity index is 0.00000306. The van der Waals surface area contributed by atoms with Crippen LogP contribution in [0.2, 0.25) is 0 Å². The minimum atomic E-state index is -0.543. The van der Waals surface area contributed by atoms with Crippen molar-refractivity contribution in [2.24, 2.45) is 4.99 Å². The third kappa shape index (κ3) is 6.13. The van der Waals surface area contributed by atoms with Gasteiger partial charge in [0.25, 0.3) is 0 Å². The normalized spacial score (nSPS) is 17.5. The number of benzene rings is 2. The number of nitrogens with zero attached hydrogens (tertiary/aromatic N) is 3. The van der Waals surface area contributed by atoms with Crippen LogP contribution in [0.3, 0.4) is 0 Å². The molecule has 0 spiro atoms. The lowest BCUT2D eigenvalue weighted by Gasteiger charge is -2.21. The van der Waals surface area contributed by atoms with Gasteiger partial charge in [-0.2, -0.15) is 0 Å². The summed E-state index contributed by atoms with van der Waals surface area (Å²) in [5.74, 6) is -0.297. The summed E-state index contributed by atoms with van der Waals surface area (Å²) in [6.45, 7) is 3.05. The number of carbonyl (C=O) groups excluding carboxylic acids is 1. The standard InChI is InChI=1S/C24H29F2N5O.HI/c1-27-24(29-19-11-13-30(16-19)23-20(25)8-4-9-21(23)26)28-12-5-10-22(32)31-14-17-6-2-3-7-18(17)15-31;/h2-4,6-9,19H,5,10-16H2,1H3,(H2,27,28,29);1H. The van der Waals surface area contributed by atoms with E-state index in [1.165, 1.54) is 29.3 Å². The lowest BCUT2D eigenvalue weighted by atomic mass is 10.1. The highest BCUT2D eigenvalue weighted by Crippen LogP contribution is 2.27. The van der Waals surface area contributed by atoms with Gasteiger partial charge in [0.1, 0.15) is 17.3 Å². The van der Waals surface area contributed by atoms with Crippen LogP contribution in [0.15, 0.2) is 47.5 Å². The molecule has 2 aliphatic rings. The topological polar surface area (TPSA) is 60.0 Å². The highest BCUT2D eigenvalue weighted by atomic mass is 127. The van der Waals surface area contributed by atoms with E-state index in [1.807, 2.05) is 17.0 Å². The first-order valence-electron chi connectivity index (χ1n) is 11.1. The number of nitrogens with one attached hydrogen (secondary N) is 2. The lowest BCUT2D eigenvalue weighted by molar-refractivity contribution is -0.131. The number of rotatable bonds is 6. The maximum absolute atomic E-state index is 14.0. The van der Waals surface area contributed by atoms with Crippen molar-refractivity contribution in [3.05, 3.63) is 65.2 Å². The highest BCUT2D eigenvalue weighted by Gasteiger charge is 2.27. The van der Waals surface area contributed by atoms with Crippen LogP contribution in [-0.2, 0) is 17.9 Å². The lowest BCUT2D eigenvalue weighted by Crippen LogP contribution is -2.45. The van der Waals surface area contributed by atoms with E-state index in [4.69, 9.17) is 0 Å². The zero-order chi connectivity index (χ0) is 22.5. The fraction of sp³-hybridized carbons (Fsp3) is 0.417. The first-order valence-corrected chi connectivity index (χ1v) is 11.1. The molecule has 33 heavy (non-hydrogen) atoms. The van der Waals surface area contributed by atoms with Crippen LogP contribution in [0, 0.1) is 11.6 Å². The fourth-order valence-electron chi connectivity index (χ4n) is 4.37. The Hall–Kier alpha value is -2.43. The third-order valence-electron chi connectivity index (χ3n) is 6.06. The molecule has 2 aromatic carbocycles. The van der Waals surface area contributed by atoms with Gasteiger partial charge >= 0.3 is 0 Å². The van der Waals surface area contributed by atoms with Crippen molar-refractivity contribution in [1.82, 2.24) is 15.5 Å². The fourth-order valence-corrected chi connectivity index (χ4v) is 4.37. The molecule has 0 bridgehead atoms. The molecule has 2 aromatic rings. The SMILES string of the molecule is CN=C(NCCCC(=O)N1Cc2ccccc2C1)NC1CCN(c2c(F)cccc2F)C1.I. The van der Waals surface area contributed by atoms with E-state index in [-0.39, 0.29) is 41.6 Å². The molecule has 6 nitrogen and oxygen atoms in total. The zero-order valence-electron chi connectivity index (χ0n) is 18.7. The number of halogens is 3. The quantitative estimate of drug-likeness (QED) is 0.242. The van der Waals surface area contributed by atoms with Gasteiger partial charge in [0.2, 0.25) is 5.91 Å². The van der Waals surface area contributed by atoms with E-state index < -0.39 is 11.6 Å². The maximum Gasteiger partial charge on any atom is 0.223 e. The summed E-state index contributed by atoms with van der Waals surface area (Å²) in [5.41, 5.74) is 2.48. The van der Waals surface area contributed by atoms with Gasteiger partial charge in [0, 0.05) is 52.2 Å². The van der Waals surface area contributed by atoms with E-state index in [9.17, 15) is 13.6 Å². The van der Waals surface area contributed by atoms with E-state index >= 15 is 0 Å². The summed E-state index contributed by atoms with van der Waals surface area (Å²) < 4.78 is 28.1. The summed E-state index contributed by atoms with van der Waals surface area (Å²) in [4.78, 5) is 20.4. The van der Waals surface area contributed by atoms with Gasteiger partial charge in [0.05, 0.1) is 0 Å². The van der Waals surface area contributed by atoms with Crippen molar-refractivity contribution in [1.29, 1.82) is 0 Å². The van der Waals surface area contributed by atoms with Crippen LogP contribution < -0.4 is 15.5 Å². The number of amides is 1. The van der Waals surface area contributed by atoms with E-state index in [0.717, 1.165) is 6.42 Å². The molecular weight excluding hydrogens is 539 g/mol. The molecule has 0 saturated carbocycles. The molecule has 1 saturated heterocycles. The van der Waals surface area contributed by atoms with Crippen molar-refractivity contribution in [3.8, 4) is 0 Å². The zero-order valence-corrected chi connectivity index (χ0v) is 21.0. The Bertz CT molecular complexity index is 957. The van der Waals surface area contributed by atoms with E-state index in [1.54, 1.807) is 11.9 Å². The van der Waals surface area contributed by atoms with Crippen molar-refractivity contribution in [3.63, 3.8) is 0 Å². The predicted octanol–water partition coefficient (Wildman–Crippen LogP) is 3.65. The predicted molar refractivity (Wildman–Crippen MR) is 137 cm³/mol. The van der Waals surface area contributed by atoms with Gasteiger partial charge in [-0.25, -0.2) is 8.78 Å². The molecule has 0 radical (unpaired) electrons. The Morgan fingerprint density at radius 3 is 2.39 bits per heavy atom. The number of fused-ring (bicyclic) bond motifs is 1. The van der Waals surface area contributed by atoms with Crippen LogP contribution in [0.5, 0.6) is 0 Å². The molecule has 178 valence electrons. The molecule has 2 aliphatic heterocycles.